The lowest BCUT2D eigenvalue weighted by Crippen LogP contribution is -2.10. The predicted octanol–water partition coefficient (Wildman–Crippen LogP) is 14.8. The molecule has 10 rings (SSSR count). The van der Waals surface area contributed by atoms with Crippen LogP contribution in [0.5, 0.6) is 0 Å². The Morgan fingerprint density at radius 2 is 0.788 bits per heavy atom. The Hall–Kier alpha value is -6.48. The smallest absolute Gasteiger partial charge is 0.0640 e. The molecular formula is C50H33NS. The van der Waals surface area contributed by atoms with E-state index in [1.165, 1.54) is 80.8 Å². The Balaban J connectivity index is 1.10. The molecule has 0 aliphatic rings. The van der Waals surface area contributed by atoms with Gasteiger partial charge in [0.05, 0.1) is 10.4 Å². The zero-order chi connectivity index (χ0) is 34.4. The van der Waals surface area contributed by atoms with E-state index < -0.39 is 0 Å². The standard InChI is InChI=1S/C50H33NS/c1-2-12-34(13-3-1)42-32-33-43(45-18-7-6-17-44(42)45)37-26-30-39(31-27-37)51(48-22-11-21-47-46-19-8-9-23-49(46)52-50(47)48)38-28-24-36(25-29-38)41-20-10-15-35-14-4-5-16-40(35)41/h1-33H. The van der Waals surface area contributed by atoms with E-state index in [1.807, 2.05) is 11.3 Å². The van der Waals surface area contributed by atoms with E-state index in [2.05, 4.69) is 205 Å². The largest absolute Gasteiger partial charge is 0.309 e. The summed E-state index contributed by atoms with van der Waals surface area (Å²) in [6, 6.07) is 72.8. The Kier molecular flexibility index (Phi) is 7.41. The van der Waals surface area contributed by atoms with Gasteiger partial charge in [-0.2, -0.15) is 0 Å². The lowest BCUT2D eigenvalue weighted by atomic mass is 9.92. The Morgan fingerprint density at radius 3 is 1.46 bits per heavy atom. The van der Waals surface area contributed by atoms with Crippen molar-refractivity contribution in [3.63, 3.8) is 0 Å². The molecule has 0 spiro atoms. The van der Waals surface area contributed by atoms with Gasteiger partial charge >= 0.3 is 0 Å². The first-order chi connectivity index (χ1) is 25.8. The van der Waals surface area contributed by atoms with Gasteiger partial charge < -0.3 is 4.90 Å². The van der Waals surface area contributed by atoms with Crippen LogP contribution in [0.1, 0.15) is 0 Å². The van der Waals surface area contributed by atoms with Crippen molar-refractivity contribution in [3.8, 4) is 33.4 Å². The molecule has 0 amide bonds. The summed E-state index contributed by atoms with van der Waals surface area (Å²) in [5.41, 5.74) is 10.8. The van der Waals surface area contributed by atoms with Gasteiger partial charge in [-0.05, 0) is 91.3 Å². The summed E-state index contributed by atoms with van der Waals surface area (Å²) in [6.07, 6.45) is 0. The number of hydrogen-bond donors (Lipinski definition) is 0. The number of thiophene rings is 1. The lowest BCUT2D eigenvalue weighted by molar-refractivity contribution is 1.30. The van der Waals surface area contributed by atoms with Crippen LogP contribution < -0.4 is 4.90 Å². The van der Waals surface area contributed by atoms with E-state index in [0.717, 1.165) is 11.4 Å². The minimum absolute atomic E-state index is 1.12. The van der Waals surface area contributed by atoms with E-state index >= 15 is 0 Å². The fourth-order valence-electron chi connectivity index (χ4n) is 7.81. The van der Waals surface area contributed by atoms with Gasteiger partial charge in [-0.15, -0.1) is 11.3 Å². The molecule has 9 aromatic carbocycles. The summed E-state index contributed by atoms with van der Waals surface area (Å²) in [4.78, 5) is 2.42. The number of nitrogens with zero attached hydrogens (tertiary/aromatic N) is 1. The molecule has 244 valence electrons. The van der Waals surface area contributed by atoms with Gasteiger partial charge in [-0.3, -0.25) is 0 Å². The van der Waals surface area contributed by atoms with Gasteiger partial charge in [0, 0.05) is 26.8 Å². The van der Waals surface area contributed by atoms with Gasteiger partial charge in [-0.25, -0.2) is 0 Å². The SMILES string of the molecule is c1ccc(-c2ccc(-c3ccc(N(c4ccc(-c5cccc6ccccc56)cc4)c4cccc5c4sc4ccccc45)cc3)c3ccccc23)cc1. The van der Waals surface area contributed by atoms with E-state index in [4.69, 9.17) is 0 Å². The Bertz CT molecular complexity index is 2880. The molecule has 0 aliphatic carbocycles. The molecule has 0 atom stereocenters. The highest BCUT2D eigenvalue weighted by molar-refractivity contribution is 7.26. The summed E-state index contributed by atoms with van der Waals surface area (Å²) in [5, 5.41) is 7.63. The third-order valence-electron chi connectivity index (χ3n) is 10.3. The van der Waals surface area contributed by atoms with Crippen molar-refractivity contribution in [2.75, 3.05) is 4.90 Å². The van der Waals surface area contributed by atoms with Crippen molar-refractivity contribution in [2.24, 2.45) is 0 Å². The van der Waals surface area contributed by atoms with Crippen LogP contribution in [0, 0.1) is 0 Å². The normalized spacial score (nSPS) is 11.5. The van der Waals surface area contributed by atoms with Crippen LogP contribution in [0.15, 0.2) is 200 Å². The number of hydrogen-bond acceptors (Lipinski definition) is 2. The fourth-order valence-corrected chi connectivity index (χ4v) is 9.02. The van der Waals surface area contributed by atoms with Gasteiger partial charge in [0.1, 0.15) is 0 Å². The molecule has 10 aromatic rings. The molecule has 52 heavy (non-hydrogen) atoms. The maximum Gasteiger partial charge on any atom is 0.0640 e. The summed E-state index contributed by atoms with van der Waals surface area (Å²) in [5.74, 6) is 0. The number of fused-ring (bicyclic) bond motifs is 5. The third kappa shape index (κ3) is 5.16. The van der Waals surface area contributed by atoms with Gasteiger partial charge in [0.15, 0.2) is 0 Å². The van der Waals surface area contributed by atoms with Crippen LogP contribution in [0.2, 0.25) is 0 Å². The zero-order valence-corrected chi connectivity index (χ0v) is 29.2. The lowest BCUT2D eigenvalue weighted by Gasteiger charge is -2.26. The second kappa shape index (κ2) is 12.7. The van der Waals surface area contributed by atoms with Crippen molar-refractivity contribution in [1.82, 2.24) is 0 Å². The van der Waals surface area contributed by atoms with Crippen LogP contribution in [-0.4, -0.2) is 0 Å². The van der Waals surface area contributed by atoms with Crippen LogP contribution in [0.4, 0.5) is 17.1 Å². The van der Waals surface area contributed by atoms with Gasteiger partial charge in [0.25, 0.3) is 0 Å². The summed E-state index contributed by atoms with van der Waals surface area (Å²) < 4.78 is 2.59. The highest BCUT2D eigenvalue weighted by Crippen LogP contribution is 2.46. The number of benzene rings is 9. The topological polar surface area (TPSA) is 3.24 Å². The first kappa shape index (κ1) is 30.4. The molecule has 2 heteroatoms. The predicted molar refractivity (Wildman–Crippen MR) is 225 cm³/mol. The minimum atomic E-state index is 1.12. The second-order valence-electron chi connectivity index (χ2n) is 13.3. The molecule has 0 N–H and O–H groups in total. The first-order valence-corrected chi connectivity index (χ1v) is 18.6. The molecule has 0 aliphatic heterocycles. The average molecular weight is 680 g/mol. The second-order valence-corrected chi connectivity index (χ2v) is 14.3. The monoisotopic (exact) mass is 679 g/mol. The van der Waals surface area contributed by atoms with E-state index in [0.29, 0.717) is 0 Å². The van der Waals surface area contributed by atoms with Crippen molar-refractivity contribution >= 4 is 70.1 Å². The average Bonchev–Trinajstić information content (AvgIpc) is 3.61. The number of anilines is 3. The van der Waals surface area contributed by atoms with E-state index in [1.54, 1.807) is 0 Å². The third-order valence-corrected chi connectivity index (χ3v) is 11.5. The fraction of sp³-hybridized carbons (Fsp3) is 0. The summed E-state index contributed by atoms with van der Waals surface area (Å²) in [6.45, 7) is 0. The molecule has 0 saturated heterocycles. The molecule has 0 unspecified atom stereocenters. The van der Waals surface area contributed by atoms with Gasteiger partial charge in [0.2, 0.25) is 0 Å². The maximum atomic E-state index is 2.42. The highest BCUT2D eigenvalue weighted by atomic mass is 32.1. The quantitative estimate of drug-likeness (QED) is 0.169. The summed E-state index contributed by atoms with van der Waals surface area (Å²) in [7, 11) is 0. The molecule has 0 bridgehead atoms. The van der Waals surface area contributed by atoms with Gasteiger partial charge in [-0.1, -0.05) is 164 Å². The van der Waals surface area contributed by atoms with Crippen LogP contribution >= 0.6 is 11.3 Å². The molecule has 0 fully saturated rings. The van der Waals surface area contributed by atoms with Crippen LogP contribution in [0.3, 0.4) is 0 Å². The summed E-state index contributed by atoms with van der Waals surface area (Å²) >= 11 is 1.87. The van der Waals surface area contributed by atoms with Crippen molar-refractivity contribution in [2.45, 2.75) is 0 Å². The van der Waals surface area contributed by atoms with Crippen molar-refractivity contribution in [3.05, 3.63) is 200 Å². The van der Waals surface area contributed by atoms with Crippen LogP contribution in [0.25, 0.3) is 75.1 Å². The van der Waals surface area contributed by atoms with Crippen LogP contribution in [-0.2, 0) is 0 Å². The minimum Gasteiger partial charge on any atom is -0.309 e. The molecular weight excluding hydrogens is 647 g/mol. The molecule has 0 saturated carbocycles. The Labute approximate surface area is 307 Å². The highest BCUT2D eigenvalue weighted by Gasteiger charge is 2.19. The van der Waals surface area contributed by atoms with E-state index in [-0.39, 0.29) is 0 Å². The van der Waals surface area contributed by atoms with Crippen molar-refractivity contribution in [1.29, 1.82) is 0 Å². The zero-order valence-electron chi connectivity index (χ0n) is 28.4. The molecule has 0 radical (unpaired) electrons. The molecule has 1 heterocycles. The Morgan fingerprint density at radius 1 is 0.308 bits per heavy atom. The molecule has 1 aromatic heterocycles. The molecule has 1 nitrogen and oxygen atoms in total. The first-order valence-electron chi connectivity index (χ1n) is 17.8. The van der Waals surface area contributed by atoms with E-state index in [9.17, 15) is 0 Å². The maximum absolute atomic E-state index is 2.42. The number of rotatable bonds is 6. The van der Waals surface area contributed by atoms with Crippen molar-refractivity contribution < 1.29 is 0 Å².